The maximum absolute atomic E-state index is 10.2. The van der Waals surface area contributed by atoms with E-state index in [2.05, 4.69) is 4.99 Å². The minimum absolute atomic E-state index is 0.0110. The van der Waals surface area contributed by atoms with Crippen molar-refractivity contribution in [3.8, 4) is 5.88 Å². The van der Waals surface area contributed by atoms with Crippen molar-refractivity contribution in [3.05, 3.63) is 59.7 Å². The van der Waals surface area contributed by atoms with Gasteiger partial charge < -0.3 is 14.8 Å². The maximum atomic E-state index is 10.2. The fourth-order valence-corrected chi connectivity index (χ4v) is 2.41. The lowest BCUT2D eigenvalue weighted by atomic mass is 10.2. The molecule has 0 saturated carbocycles. The summed E-state index contributed by atoms with van der Waals surface area (Å²) in [5.74, 6) is 0.193. The number of benzene rings is 2. The number of hydrogen-bond acceptors (Lipinski definition) is 3. The van der Waals surface area contributed by atoms with E-state index in [9.17, 15) is 5.11 Å². The fourth-order valence-electron chi connectivity index (χ4n) is 2.41. The Hall–Kier alpha value is -2.59. The van der Waals surface area contributed by atoms with E-state index in [-0.39, 0.29) is 12.5 Å². The molecule has 4 nitrogen and oxygen atoms in total. The van der Waals surface area contributed by atoms with E-state index < -0.39 is 0 Å². The van der Waals surface area contributed by atoms with Crippen molar-refractivity contribution in [1.29, 1.82) is 0 Å². The molecule has 3 aromatic rings. The van der Waals surface area contributed by atoms with Crippen molar-refractivity contribution >= 4 is 22.8 Å². The Balaban J connectivity index is 2.05. The second-order valence-corrected chi connectivity index (χ2v) is 4.90. The summed E-state index contributed by atoms with van der Waals surface area (Å²) in [7, 11) is 1.82. The number of aromatic nitrogens is 1. The molecule has 3 rings (SSSR count). The van der Waals surface area contributed by atoms with Gasteiger partial charge in [-0.3, -0.25) is 4.99 Å². The largest absolute Gasteiger partial charge is 0.494 e. The summed E-state index contributed by atoms with van der Waals surface area (Å²) in [5.41, 5.74) is 3.21. The van der Waals surface area contributed by atoms with Crippen molar-refractivity contribution in [2.24, 2.45) is 12.0 Å². The van der Waals surface area contributed by atoms with Gasteiger partial charge in [-0.1, -0.05) is 30.3 Å². The third kappa shape index (κ3) is 2.41. The van der Waals surface area contributed by atoms with Gasteiger partial charge in [-0.15, -0.1) is 0 Å². The second-order valence-electron chi connectivity index (χ2n) is 4.90. The van der Waals surface area contributed by atoms with E-state index in [0.29, 0.717) is 5.56 Å². The third-order valence-corrected chi connectivity index (χ3v) is 3.55. The summed E-state index contributed by atoms with van der Waals surface area (Å²) in [6, 6.07) is 15.2. The first kappa shape index (κ1) is 13.4. The van der Waals surface area contributed by atoms with Crippen LogP contribution >= 0.6 is 0 Å². The van der Waals surface area contributed by atoms with E-state index in [0.717, 1.165) is 22.2 Å². The molecule has 0 fully saturated rings. The predicted molar refractivity (Wildman–Crippen MR) is 84.2 cm³/mol. The van der Waals surface area contributed by atoms with Gasteiger partial charge in [0, 0.05) is 18.6 Å². The number of aliphatic hydroxyl groups is 1. The molecule has 0 saturated heterocycles. The minimum Gasteiger partial charge on any atom is -0.494 e. The van der Waals surface area contributed by atoms with Crippen molar-refractivity contribution in [2.75, 3.05) is 0 Å². The van der Waals surface area contributed by atoms with E-state index in [1.165, 1.54) is 0 Å². The molecule has 2 aromatic carbocycles. The Morgan fingerprint density at radius 3 is 2.76 bits per heavy atom. The van der Waals surface area contributed by atoms with Crippen LogP contribution in [-0.2, 0) is 13.7 Å². The van der Waals surface area contributed by atoms with Crippen LogP contribution in [0.5, 0.6) is 5.88 Å². The Morgan fingerprint density at radius 2 is 1.95 bits per heavy atom. The van der Waals surface area contributed by atoms with Gasteiger partial charge in [-0.2, -0.15) is 0 Å². The van der Waals surface area contributed by atoms with Gasteiger partial charge in [0.15, 0.2) is 0 Å². The maximum Gasteiger partial charge on any atom is 0.200 e. The summed E-state index contributed by atoms with van der Waals surface area (Å²) in [6.45, 7) is -0.0110. The molecule has 0 aliphatic heterocycles. The van der Waals surface area contributed by atoms with Crippen LogP contribution in [0.4, 0.5) is 5.69 Å². The van der Waals surface area contributed by atoms with Crippen LogP contribution in [0.15, 0.2) is 53.5 Å². The Labute approximate surface area is 122 Å². The third-order valence-electron chi connectivity index (χ3n) is 3.55. The van der Waals surface area contributed by atoms with Crippen molar-refractivity contribution < 1.29 is 10.2 Å². The smallest absolute Gasteiger partial charge is 0.200 e. The molecule has 0 spiro atoms. The number of rotatable bonds is 3. The van der Waals surface area contributed by atoms with E-state index >= 15 is 0 Å². The Morgan fingerprint density at radius 1 is 1.14 bits per heavy atom. The zero-order valence-corrected chi connectivity index (χ0v) is 11.7. The molecule has 0 aliphatic rings. The van der Waals surface area contributed by atoms with Crippen molar-refractivity contribution in [2.45, 2.75) is 6.61 Å². The first-order valence-electron chi connectivity index (χ1n) is 6.71. The van der Waals surface area contributed by atoms with Gasteiger partial charge in [-0.05, 0) is 23.8 Å². The number of fused-ring (bicyclic) bond motifs is 1. The van der Waals surface area contributed by atoms with Gasteiger partial charge in [0.25, 0.3) is 0 Å². The highest BCUT2D eigenvalue weighted by molar-refractivity contribution is 6.03. The lowest BCUT2D eigenvalue weighted by Crippen LogP contribution is -1.86. The molecule has 2 N–H and O–H groups in total. The predicted octanol–water partition coefficient (Wildman–Crippen LogP) is 3.13. The number of aromatic hydroxyl groups is 1. The lowest BCUT2D eigenvalue weighted by Gasteiger charge is -1.98. The molecule has 0 bridgehead atoms. The number of aliphatic imine (C=N–C) groups is 1. The van der Waals surface area contributed by atoms with Gasteiger partial charge in [0.2, 0.25) is 5.88 Å². The zero-order valence-electron chi connectivity index (χ0n) is 11.7. The Bertz CT molecular complexity index is 819. The SMILES string of the molecule is Cn1c(O)c(C=Nc2cccc(CO)c2)c2ccccc21. The molecule has 0 unspecified atom stereocenters. The molecule has 1 heterocycles. The van der Waals surface area contributed by atoms with Crippen LogP contribution in [-0.4, -0.2) is 21.0 Å². The highest BCUT2D eigenvalue weighted by Gasteiger charge is 2.11. The first-order valence-corrected chi connectivity index (χ1v) is 6.71. The van der Waals surface area contributed by atoms with Crippen LogP contribution < -0.4 is 0 Å². The van der Waals surface area contributed by atoms with E-state index in [1.54, 1.807) is 10.8 Å². The Kier molecular flexibility index (Phi) is 3.46. The van der Waals surface area contributed by atoms with Gasteiger partial charge in [0.1, 0.15) is 0 Å². The normalized spacial score (nSPS) is 11.5. The topological polar surface area (TPSA) is 57.8 Å². The zero-order chi connectivity index (χ0) is 14.8. The van der Waals surface area contributed by atoms with Gasteiger partial charge >= 0.3 is 0 Å². The van der Waals surface area contributed by atoms with Crippen LogP contribution in [0.25, 0.3) is 10.9 Å². The first-order chi connectivity index (χ1) is 10.2. The molecule has 0 atom stereocenters. The molecule has 0 aliphatic carbocycles. The second kappa shape index (κ2) is 5.42. The number of nitrogens with zero attached hydrogens (tertiary/aromatic N) is 2. The van der Waals surface area contributed by atoms with E-state index in [1.807, 2.05) is 55.6 Å². The van der Waals surface area contributed by atoms with E-state index in [4.69, 9.17) is 5.11 Å². The summed E-state index contributed by atoms with van der Waals surface area (Å²) >= 11 is 0. The summed E-state index contributed by atoms with van der Waals surface area (Å²) < 4.78 is 1.74. The van der Waals surface area contributed by atoms with Gasteiger partial charge in [0.05, 0.1) is 23.4 Å². The van der Waals surface area contributed by atoms with Crippen molar-refractivity contribution in [3.63, 3.8) is 0 Å². The average Bonchev–Trinajstić information content (AvgIpc) is 2.78. The monoisotopic (exact) mass is 280 g/mol. The van der Waals surface area contributed by atoms with Crippen LogP contribution in [0, 0.1) is 0 Å². The lowest BCUT2D eigenvalue weighted by molar-refractivity contribution is 0.282. The molecular weight excluding hydrogens is 264 g/mol. The summed E-state index contributed by atoms with van der Waals surface area (Å²) in [6.07, 6.45) is 1.66. The number of para-hydroxylation sites is 1. The quantitative estimate of drug-likeness (QED) is 0.724. The van der Waals surface area contributed by atoms with Crippen LogP contribution in [0.1, 0.15) is 11.1 Å². The molecule has 21 heavy (non-hydrogen) atoms. The molecular formula is C17H16N2O2. The average molecular weight is 280 g/mol. The standard InChI is InChI=1S/C17H16N2O2/c1-19-16-8-3-2-7-14(16)15(17(19)21)10-18-13-6-4-5-12(9-13)11-20/h2-10,20-21H,11H2,1H3. The fraction of sp³-hybridized carbons (Fsp3) is 0.118. The molecule has 0 amide bonds. The van der Waals surface area contributed by atoms with Crippen LogP contribution in [0.2, 0.25) is 0 Å². The summed E-state index contributed by atoms with van der Waals surface area (Å²) in [4.78, 5) is 4.40. The van der Waals surface area contributed by atoms with Gasteiger partial charge in [-0.25, -0.2) is 0 Å². The highest BCUT2D eigenvalue weighted by Crippen LogP contribution is 2.29. The minimum atomic E-state index is -0.0110. The summed E-state index contributed by atoms with van der Waals surface area (Å²) in [5, 5.41) is 20.3. The molecule has 106 valence electrons. The van der Waals surface area contributed by atoms with Crippen LogP contribution in [0.3, 0.4) is 0 Å². The molecule has 0 radical (unpaired) electrons. The number of aliphatic hydroxyl groups excluding tert-OH is 1. The molecule has 1 aromatic heterocycles. The number of hydrogen-bond donors (Lipinski definition) is 2. The van der Waals surface area contributed by atoms with Crippen molar-refractivity contribution in [1.82, 2.24) is 4.57 Å². The number of aryl methyl sites for hydroxylation is 1. The highest BCUT2D eigenvalue weighted by atomic mass is 16.3. The molecule has 4 heteroatoms.